The standard InChI is InChI=1S/C14H12BrN3O/c15-13-9-5-4-6-11(13)10-16-18-14(19)17-12-7-2-1-3-8-12/h1-10H,(H2,17,18,19)/b16-10+. The Balaban J connectivity index is 1.89. The summed E-state index contributed by atoms with van der Waals surface area (Å²) in [4.78, 5) is 11.5. The number of hydrogen-bond acceptors (Lipinski definition) is 2. The predicted octanol–water partition coefficient (Wildman–Crippen LogP) is 3.60. The highest BCUT2D eigenvalue weighted by atomic mass is 79.9. The van der Waals surface area contributed by atoms with E-state index >= 15 is 0 Å². The molecule has 2 aromatic rings. The van der Waals surface area contributed by atoms with E-state index in [0.29, 0.717) is 0 Å². The fourth-order valence-electron chi connectivity index (χ4n) is 1.42. The van der Waals surface area contributed by atoms with Crippen LogP contribution in [0, 0.1) is 0 Å². The summed E-state index contributed by atoms with van der Waals surface area (Å²) in [6.07, 6.45) is 1.58. The SMILES string of the molecule is O=C(N/N=C/c1ccccc1Br)Nc1ccccc1. The van der Waals surface area contributed by atoms with Gasteiger partial charge in [-0.1, -0.05) is 52.3 Å². The molecule has 2 N–H and O–H groups in total. The number of benzene rings is 2. The van der Waals surface area contributed by atoms with Crippen molar-refractivity contribution in [3.05, 3.63) is 64.6 Å². The molecule has 4 nitrogen and oxygen atoms in total. The van der Waals surface area contributed by atoms with Gasteiger partial charge >= 0.3 is 6.03 Å². The largest absolute Gasteiger partial charge is 0.339 e. The molecule has 2 aromatic carbocycles. The number of nitrogens with one attached hydrogen (secondary N) is 2. The molecule has 0 spiro atoms. The summed E-state index contributed by atoms with van der Waals surface area (Å²) in [7, 11) is 0. The number of halogens is 1. The van der Waals surface area contributed by atoms with Crippen LogP contribution >= 0.6 is 15.9 Å². The molecular formula is C14H12BrN3O. The molecule has 19 heavy (non-hydrogen) atoms. The van der Waals surface area contributed by atoms with E-state index in [-0.39, 0.29) is 6.03 Å². The van der Waals surface area contributed by atoms with Gasteiger partial charge in [-0.2, -0.15) is 5.10 Å². The molecule has 0 aliphatic rings. The second kappa shape index (κ2) is 6.70. The van der Waals surface area contributed by atoms with Crippen LogP contribution in [0.4, 0.5) is 10.5 Å². The molecular weight excluding hydrogens is 306 g/mol. The van der Waals surface area contributed by atoms with Gasteiger partial charge in [-0.15, -0.1) is 0 Å². The van der Waals surface area contributed by atoms with Gasteiger partial charge in [0.1, 0.15) is 0 Å². The number of para-hydroxylation sites is 1. The Morgan fingerprint density at radius 3 is 2.47 bits per heavy atom. The number of nitrogens with zero attached hydrogens (tertiary/aromatic N) is 1. The molecule has 2 rings (SSSR count). The number of hydrogen-bond donors (Lipinski definition) is 2. The van der Waals surface area contributed by atoms with E-state index in [4.69, 9.17) is 0 Å². The van der Waals surface area contributed by atoms with Gasteiger partial charge < -0.3 is 5.32 Å². The lowest BCUT2D eigenvalue weighted by molar-refractivity contribution is 0.252. The van der Waals surface area contributed by atoms with Gasteiger partial charge in [-0.3, -0.25) is 0 Å². The van der Waals surface area contributed by atoms with Gasteiger partial charge in [-0.05, 0) is 18.2 Å². The highest BCUT2D eigenvalue weighted by molar-refractivity contribution is 9.10. The maximum absolute atomic E-state index is 11.5. The molecule has 0 saturated heterocycles. The van der Waals surface area contributed by atoms with Gasteiger partial charge in [0.05, 0.1) is 6.21 Å². The predicted molar refractivity (Wildman–Crippen MR) is 80.3 cm³/mol. The summed E-state index contributed by atoms with van der Waals surface area (Å²) in [6, 6.07) is 16.4. The van der Waals surface area contributed by atoms with Crippen LogP contribution in [-0.2, 0) is 0 Å². The lowest BCUT2D eigenvalue weighted by Gasteiger charge is -2.03. The lowest BCUT2D eigenvalue weighted by atomic mass is 10.2. The van der Waals surface area contributed by atoms with Gasteiger partial charge in [0.15, 0.2) is 0 Å². The quantitative estimate of drug-likeness (QED) is 0.659. The number of rotatable bonds is 3. The summed E-state index contributed by atoms with van der Waals surface area (Å²) < 4.78 is 0.920. The minimum atomic E-state index is -0.380. The number of hydrazone groups is 1. The van der Waals surface area contributed by atoms with Crippen molar-refractivity contribution < 1.29 is 4.79 Å². The highest BCUT2D eigenvalue weighted by Crippen LogP contribution is 2.13. The van der Waals surface area contributed by atoms with Crippen LogP contribution in [0.2, 0.25) is 0 Å². The Kier molecular flexibility index (Phi) is 4.69. The zero-order valence-corrected chi connectivity index (χ0v) is 11.6. The van der Waals surface area contributed by atoms with Crippen LogP contribution in [0.1, 0.15) is 5.56 Å². The van der Waals surface area contributed by atoms with Crippen molar-refractivity contribution in [1.29, 1.82) is 0 Å². The third kappa shape index (κ3) is 4.22. The van der Waals surface area contributed by atoms with Crippen molar-refractivity contribution in [3.8, 4) is 0 Å². The molecule has 0 saturated carbocycles. The molecule has 0 aromatic heterocycles. The van der Waals surface area contributed by atoms with Crippen molar-refractivity contribution in [2.24, 2.45) is 5.10 Å². The van der Waals surface area contributed by atoms with Crippen molar-refractivity contribution >= 4 is 33.9 Å². The Bertz CT molecular complexity index is 584. The topological polar surface area (TPSA) is 53.5 Å². The monoisotopic (exact) mass is 317 g/mol. The smallest absolute Gasteiger partial charge is 0.307 e. The molecule has 0 heterocycles. The third-order valence-electron chi connectivity index (χ3n) is 2.31. The van der Waals surface area contributed by atoms with Crippen LogP contribution in [0.15, 0.2) is 64.2 Å². The fourth-order valence-corrected chi connectivity index (χ4v) is 1.81. The van der Waals surface area contributed by atoms with Crippen molar-refractivity contribution in [1.82, 2.24) is 5.43 Å². The second-order valence-corrected chi connectivity index (χ2v) is 4.57. The normalized spacial score (nSPS) is 10.4. The van der Waals surface area contributed by atoms with Crippen LogP contribution in [-0.4, -0.2) is 12.2 Å². The molecule has 0 bridgehead atoms. The third-order valence-corrected chi connectivity index (χ3v) is 3.03. The minimum Gasteiger partial charge on any atom is -0.307 e. The highest BCUT2D eigenvalue weighted by Gasteiger charge is 1.98. The van der Waals surface area contributed by atoms with E-state index in [2.05, 4.69) is 31.8 Å². The van der Waals surface area contributed by atoms with Gasteiger partial charge in [-0.25, -0.2) is 10.2 Å². The number of carbonyl (C=O) groups is 1. The zero-order valence-electron chi connectivity index (χ0n) is 10.0. The number of carbonyl (C=O) groups excluding carboxylic acids is 1. The first-order valence-electron chi connectivity index (χ1n) is 5.65. The maximum atomic E-state index is 11.5. The first-order valence-corrected chi connectivity index (χ1v) is 6.44. The number of amides is 2. The first kappa shape index (κ1) is 13.3. The Labute approximate surface area is 119 Å². The number of anilines is 1. The molecule has 2 amide bonds. The van der Waals surface area contributed by atoms with Gasteiger partial charge in [0, 0.05) is 15.7 Å². The summed E-state index contributed by atoms with van der Waals surface area (Å²) >= 11 is 3.40. The van der Waals surface area contributed by atoms with Crippen molar-refractivity contribution in [2.75, 3.05) is 5.32 Å². The fraction of sp³-hybridized carbons (Fsp3) is 0. The molecule has 96 valence electrons. The average Bonchev–Trinajstić information content (AvgIpc) is 2.42. The van der Waals surface area contributed by atoms with Crippen LogP contribution in [0.3, 0.4) is 0 Å². The molecule has 0 aliphatic carbocycles. The van der Waals surface area contributed by atoms with Gasteiger partial charge in [0.25, 0.3) is 0 Å². The van der Waals surface area contributed by atoms with Crippen LogP contribution < -0.4 is 10.7 Å². The molecule has 0 unspecified atom stereocenters. The van der Waals surface area contributed by atoms with Crippen LogP contribution in [0.5, 0.6) is 0 Å². The second-order valence-electron chi connectivity index (χ2n) is 3.71. The molecule has 5 heteroatoms. The van der Waals surface area contributed by atoms with Crippen molar-refractivity contribution in [2.45, 2.75) is 0 Å². The van der Waals surface area contributed by atoms with E-state index in [1.54, 1.807) is 18.3 Å². The minimum absolute atomic E-state index is 0.380. The van der Waals surface area contributed by atoms with E-state index in [1.807, 2.05) is 42.5 Å². The van der Waals surface area contributed by atoms with E-state index in [1.165, 1.54) is 0 Å². The Morgan fingerprint density at radius 1 is 1.05 bits per heavy atom. The van der Waals surface area contributed by atoms with E-state index < -0.39 is 0 Å². The first-order chi connectivity index (χ1) is 9.25. The molecule has 0 fully saturated rings. The zero-order chi connectivity index (χ0) is 13.5. The average molecular weight is 318 g/mol. The Hall–Kier alpha value is -2.14. The summed E-state index contributed by atoms with van der Waals surface area (Å²) in [5.41, 5.74) is 4.02. The lowest BCUT2D eigenvalue weighted by Crippen LogP contribution is -2.24. The molecule has 0 aliphatic heterocycles. The molecule has 0 atom stereocenters. The summed E-state index contributed by atoms with van der Waals surface area (Å²) in [5.74, 6) is 0. The van der Waals surface area contributed by atoms with Crippen molar-refractivity contribution in [3.63, 3.8) is 0 Å². The van der Waals surface area contributed by atoms with Gasteiger partial charge in [0.2, 0.25) is 0 Å². The Morgan fingerprint density at radius 2 is 1.74 bits per heavy atom. The van der Waals surface area contributed by atoms with Crippen LogP contribution in [0.25, 0.3) is 0 Å². The number of urea groups is 1. The van der Waals surface area contributed by atoms with E-state index in [0.717, 1.165) is 15.7 Å². The molecule has 0 radical (unpaired) electrons. The van der Waals surface area contributed by atoms with E-state index in [9.17, 15) is 4.79 Å². The summed E-state index contributed by atoms with van der Waals surface area (Å²) in [5, 5.41) is 6.55. The maximum Gasteiger partial charge on any atom is 0.339 e. The summed E-state index contributed by atoms with van der Waals surface area (Å²) in [6.45, 7) is 0.